The Morgan fingerprint density at radius 3 is 2.15 bits per heavy atom. The lowest BCUT2D eigenvalue weighted by Gasteiger charge is -2.23. The van der Waals surface area contributed by atoms with Crippen LogP contribution in [0.2, 0.25) is 0 Å². The summed E-state index contributed by atoms with van der Waals surface area (Å²) < 4.78 is 29.3. The molecule has 3 aromatic carbocycles. The number of amides is 1. The molecule has 0 atom stereocenters. The minimum atomic E-state index is -3.76. The highest BCUT2D eigenvalue weighted by Gasteiger charge is 2.24. The Morgan fingerprint density at radius 2 is 1.55 bits per heavy atom. The number of rotatable bonds is 7. The van der Waals surface area contributed by atoms with E-state index in [9.17, 15) is 13.2 Å². The van der Waals surface area contributed by atoms with Gasteiger partial charge >= 0.3 is 0 Å². The zero-order chi connectivity index (χ0) is 23.4. The number of para-hydroxylation sites is 2. The lowest BCUT2D eigenvalue weighted by Crippen LogP contribution is -2.30. The highest BCUT2D eigenvalue weighted by Crippen LogP contribution is 2.24. The van der Waals surface area contributed by atoms with E-state index in [4.69, 9.17) is 0 Å². The van der Waals surface area contributed by atoms with Crippen LogP contribution >= 0.6 is 0 Å². The Morgan fingerprint density at radius 1 is 0.939 bits per heavy atom. The van der Waals surface area contributed by atoms with Gasteiger partial charge in [0, 0.05) is 18.2 Å². The molecule has 33 heavy (non-hydrogen) atoms. The monoisotopic (exact) mass is 460 g/mol. The quantitative estimate of drug-likeness (QED) is 0.435. The predicted molar refractivity (Wildman–Crippen MR) is 129 cm³/mol. The molecule has 0 bridgehead atoms. The van der Waals surface area contributed by atoms with Gasteiger partial charge in [-0.3, -0.25) is 9.10 Å². The smallest absolute Gasteiger partial charge is 0.264 e. The van der Waals surface area contributed by atoms with Crippen LogP contribution in [0.15, 0.2) is 95.9 Å². The first-order valence-electron chi connectivity index (χ1n) is 10.5. The Labute approximate surface area is 193 Å². The third kappa shape index (κ3) is 4.65. The van der Waals surface area contributed by atoms with Crippen molar-refractivity contribution in [3.63, 3.8) is 0 Å². The molecule has 0 spiro atoms. The molecule has 1 aromatic heterocycles. The first-order chi connectivity index (χ1) is 15.9. The second-order valence-corrected chi connectivity index (χ2v) is 9.26. The summed E-state index contributed by atoms with van der Waals surface area (Å²) in [6.45, 7) is 3.92. The van der Waals surface area contributed by atoms with Crippen molar-refractivity contribution in [1.82, 2.24) is 9.78 Å². The summed E-state index contributed by atoms with van der Waals surface area (Å²) >= 11 is 0. The summed E-state index contributed by atoms with van der Waals surface area (Å²) in [5, 5.41) is 7.31. The number of carbonyl (C=O) groups excluding carboxylic acids is 1. The SMILES string of the molecule is CCN(c1ccccc1)S(=O)(=O)c1ccc(C(=O)Nc2cc(C)nn2-c2ccccc2)cc1. The molecule has 1 N–H and O–H groups in total. The second-order valence-electron chi connectivity index (χ2n) is 7.40. The van der Waals surface area contributed by atoms with Crippen molar-refractivity contribution in [2.75, 3.05) is 16.2 Å². The van der Waals surface area contributed by atoms with Gasteiger partial charge in [0.25, 0.3) is 15.9 Å². The lowest BCUT2D eigenvalue weighted by molar-refractivity contribution is 0.102. The van der Waals surface area contributed by atoms with Crippen molar-refractivity contribution in [3.05, 3.63) is 102 Å². The largest absolute Gasteiger partial charge is 0.306 e. The maximum absolute atomic E-state index is 13.2. The molecular weight excluding hydrogens is 436 g/mol. The molecule has 1 amide bonds. The molecule has 8 heteroatoms. The number of nitrogens with one attached hydrogen (secondary N) is 1. The third-order valence-electron chi connectivity index (χ3n) is 5.11. The summed E-state index contributed by atoms with van der Waals surface area (Å²) in [4.78, 5) is 13.0. The standard InChI is InChI=1S/C25H24N4O3S/c1-3-28(21-10-6-4-7-11-21)33(31,32)23-16-14-20(15-17-23)25(30)26-24-18-19(2)27-29(24)22-12-8-5-9-13-22/h4-18H,3H2,1-2H3,(H,26,30). The summed E-state index contributed by atoms with van der Waals surface area (Å²) in [5.41, 5.74) is 2.51. The van der Waals surface area contributed by atoms with Gasteiger partial charge in [-0.1, -0.05) is 36.4 Å². The van der Waals surface area contributed by atoms with Gasteiger partial charge in [-0.25, -0.2) is 13.1 Å². The predicted octanol–water partition coefficient (Wildman–Crippen LogP) is 4.65. The average molecular weight is 461 g/mol. The molecule has 0 saturated carbocycles. The van der Waals surface area contributed by atoms with Gasteiger partial charge in [-0.05, 0) is 62.4 Å². The van der Waals surface area contributed by atoms with Crippen molar-refractivity contribution in [2.45, 2.75) is 18.7 Å². The highest BCUT2D eigenvalue weighted by molar-refractivity contribution is 7.92. The molecule has 0 radical (unpaired) electrons. The minimum absolute atomic E-state index is 0.120. The topological polar surface area (TPSA) is 84.3 Å². The lowest BCUT2D eigenvalue weighted by atomic mass is 10.2. The number of nitrogens with zero attached hydrogens (tertiary/aromatic N) is 3. The Hall–Kier alpha value is -3.91. The summed E-state index contributed by atoms with van der Waals surface area (Å²) in [5.74, 6) is 0.174. The van der Waals surface area contributed by atoms with E-state index in [0.717, 1.165) is 11.4 Å². The zero-order valence-electron chi connectivity index (χ0n) is 18.3. The molecule has 4 aromatic rings. The molecule has 168 valence electrons. The van der Waals surface area contributed by atoms with E-state index in [2.05, 4.69) is 10.4 Å². The normalized spacial score (nSPS) is 11.2. The van der Waals surface area contributed by atoms with Crippen molar-refractivity contribution in [3.8, 4) is 5.69 Å². The molecular formula is C25H24N4O3S. The van der Waals surface area contributed by atoms with Crippen molar-refractivity contribution in [2.24, 2.45) is 0 Å². The third-order valence-corrected chi connectivity index (χ3v) is 7.03. The van der Waals surface area contributed by atoms with E-state index in [1.54, 1.807) is 41.9 Å². The first kappa shape index (κ1) is 22.3. The van der Waals surface area contributed by atoms with Crippen molar-refractivity contribution >= 4 is 27.4 Å². The molecule has 1 heterocycles. The first-order valence-corrected chi connectivity index (χ1v) is 12.0. The fourth-order valence-corrected chi connectivity index (χ4v) is 5.01. The number of benzene rings is 3. The number of sulfonamides is 1. The molecule has 0 aliphatic heterocycles. The number of aromatic nitrogens is 2. The number of carbonyl (C=O) groups is 1. The summed E-state index contributed by atoms with van der Waals surface area (Å²) in [6.07, 6.45) is 0. The highest BCUT2D eigenvalue weighted by atomic mass is 32.2. The van der Waals surface area contributed by atoms with Crippen LogP contribution in [0.5, 0.6) is 0 Å². The number of anilines is 2. The van der Waals surface area contributed by atoms with Crippen LogP contribution in [0.25, 0.3) is 5.69 Å². The van der Waals surface area contributed by atoms with Crippen LogP contribution in [0, 0.1) is 6.92 Å². The number of hydrogen-bond donors (Lipinski definition) is 1. The van der Waals surface area contributed by atoms with Gasteiger partial charge in [0.05, 0.1) is 22.0 Å². The van der Waals surface area contributed by atoms with Gasteiger partial charge in [-0.2, -0.15) is 5.10 Å². The van der Waals surface area contributed by atoms with Crippen LogP contribution in [-0.4, -0.2) is 30.7 Å². The van der Waals surface area contributed by atoms with Gasteiger partial charge in [0.1, 0.15) is 5.82 Å². The van der Waals surface area contributed by atoms with Crippen LogP contribution in [0.4, 0.5) is 11.5 Å². The molecule has 0 saturated heterocycles. The van der Waals surface area contributed by atoms with E-state index in [0.29, 0.717) is 17.1 Å². The zero-order valence-corrected chi connectivity index (χ0v) is 19.2. The molecule has 0 unspecified atom stereocenters. The van der Waals surface area contributed by atoms with Crippen LogP contribution in [0.1, 0.15) is 23.0 Å². The Bertz CT molecular complexity index is 1350. The number of hydrogen-bond acceptors (Lipinski definition) is 4. The van der Waals surface area contributed by atoms with Gasteiger partial charge < -0.3 is 5.32 Å². The molecule has 0 aliphatic carbocycles. The van der Waals surface area contributed by atoms with Gasteiger partial charge in [0.2, 0.25) is 0 Å². The Balaban J connectivity index is 1.56. The van der Waals surface area contributed by atoms with E-state index < -0.39 is 10.0 Å². The fraction of sp³-hybridized carbons (Fsp3) is 0.120. The maximum atomic E-state index is 13.2. The van der Waals surface area contributed by atoms with E-state index in [1.807, 2.05) is 43.3 Å². The summed E-state index contributed by atoms with van der Waals surface area (Å²) in [7, 11) is -3.76. The van der Waals surface area contributed by atoms with Crippen molar-refractivity contribution < 1.29 is 13.2 Å². The average Bonchev–Trinajstić information content (AvgIpc) is 3.20. The van der Waals surface area contributed by atoms with E-state index in [1.165, 1.54) is 28.6 Å². The number of aryl methyl sites for hydroxylation is 1. The molecule has 0 fully saturated rings. The molecule has 7 nitrogen and oxygen atoms in total. The van der Waals surface area contributed by atoms with Gasteiger partial charge in [0.15, 0.2) is 0 Å². The maximum Gasteiger partial charge on any atom is 0.264 e. The van der Waals surface area contributed by atoms with E-state index in [-0.39, 0.29) is 17.3 Å². The van der Waals surface area contributed by atoms with Crippen molar-refractivity contribution in [1.29, 1.82) is 0 Å². The van der Waals surface area contributed by atoms with E-state index >= 15 is 0 Å². The second kappa shape index (κ2) is 9.30. The Kier molecular flexibility index (Phi) is 6.28. The fourth-order valence-electron chi connectivity index (χ4n) is 3.53. The molecule has 0 aliphatic rings. The molecule has 4 rings (SSSR count). The van der Waals surface area contributed by atoms with Crippen LogP contribution < -0.4 is 9.62 Å². The minimum Gasteiger partial charge on any atom is -0.306 e. The van der Waals surface area contributed by atoms with Gasteiger partial charge in [-0.15, -0.1) is 0 Å². The van der Waals surface area contributed by atoms with Crippen LogP contribution in [-0.2, 0) is 10.0 Å². The van der Waals surface area contributed by atoms with Crippen LogP contribution in [0.3, 0.4) is 0 Å². The summed E-state index contributed by atoms with van der Waals surface area (Å²) in [6, 6.07) is 26.1.